The third kappa shape index (κ3) is 3.39. The molecule has 2 aromatic heterocycles. The number of rotatable bonds is 5. The van der Waals surface area contributed by atoms with Crippen LogP contribution in [-0.4, -0.2) is 37.9 Å². The standard InChI is InChI=1S/C30H35N5O2/c1-19(2)20-11-12-23-22(17-20)26-25(27-29(23,3)13-8-14-30(27,4)28(36)37-5)21-9-6-7-10-24(21)35(26)16-15-34-18-31-32-33-34/h6-7,9-12,17-19,27H,8,13-16H2,1-5H3/t27-,29-,30-/m1/s1. The number of tetrazole rings is 1. The molecule has 37 heavy (non-hydrogen) atoms. The summed E-state index contributed by atoms with van der Waals surface area (Å²) in [7, 11) is 1.53. The Labute approximate surface area is 217 Å². The molecule has 192 valence electrons. The largest absolute Gasteiger partial charge is 0.469 e. The van der Waals surface area contributed by atoms with Crippen LogP contribution in [-0.2, 0) is 28.0 Å². The number of benzene rings is 2. The number of para-hydroxylation sites is 1. The van der Waals surface area contributed by atoms with Crippen molar-refractivity contribution >= 4 is 16.9 Å². The molecule has 0 bridgehead atoms. The highest BCUT2D eigenvalue weighted by molar-refractivity contribution is 5.96. The SMILES string of the molecule is COC(=O)[C@]1(C)CCC[C@]2(C)c3ccc(C(C)C)cc3-c3c(c4ccccc4n3CCn3cnnn3)[C@@H]12. The fourth-order valence-corrected chi connectivity index (χ4v) is 7.44. The fraction of sp³-hybridized carbons (Fsp3) is 0.467. The summed E-state index contributed by atoms with van der Waals surface area (Å²) in [5, 5.41) is 13.0. The molecule has 0 radical (unpaired) electrons. The zero-order chi connectivity index (χ0) is 25.9. The van der Waals surface area contributed by atoms with E-state index in [1.807, 2.05) is 0 Å². The molecule has 0 aliphatic heterocycles. The van der Waals surface area contributed by atoms with Gasteiger partial charge in [0.05, 0.1) is 24.8 Å². The van der Waals surface area contributed by atoms with E-state index >= 15 is 0 Å². The lowest BCUT2D eigenvalue weighted by molar-refractivity contribution is -0.157. The lowest BCUT2D eigenvalue weighted by Crippen LogP contribution is -2.50. The zero-order valence-corrected chi connectivity index (χ0v) is 22.4. The lowest BCUT2D eigenvalue weighted by atomic mass is 9.49. The van der Waals surface area contributed by atoms with E-state index in [0.717, 1.165) is 25.8 Å². The van der Waals surface area contributed by atoms with E-state index in [1.165, 1.54) is 46.0 Å². The normalized spacial score (nSPS) is 24.5. The predicted octanol–water partition coefficient (Wildman–Crippen LogP) is 5.84. The summed E-state index contributed by atoms with van der Waals surface area (Å²) in [5.74, 6) is 0.319. The van der Waals surface area contributed by atoms with Crippen LogP contribution in [0.3, 0.4) is 0 Å². The number of esters is 1. The molecule has 0 N–H and O–H groups in total. The minimum absolute atomic E-state index is 0.00721. The molecule has 0 spiro atoms. The van der Waals surface area contributed by atoms with Crippen molar-refractivity contribution in [1.29, 1.82) is 0 Å². The molecule has 4 aromatic rings. The molecule has 1 fully saturated rings. The van der Waals surface area contributed by atoms with E-state index in [4.69, 9.17) is 4.74 Å². The van der Waals surface area contributed by atoms with E-state index < -0.39 is 5.41 Å². The molecule has 2 aromatic carbocycles. The number of ether oxygens (including phenoxy) is 1. The van der Waals surface area contributed by atoms with Crippen LogP contribution in [0.25, 0.3) is 22.2 Å². The predicted molar refractivity (Wildman–Crippen MR) is 143 cm³/mol. The topological polar surface area (TPSA) is 74.8 Å². The van der Waals surface area contributed by atoms with Crippen molar-refractivity contribution in [2.24, 2.45) is 5.41 Å². The third-order valence-corrected chi connectivity index (χ3v) is 9.14. The fourth-order valence-electron chi connectivity index (χ4n) is 7.44. The summed E-state index contributed by atoms with van der Waals surface area (Å²) in [5.41, 5.74) is 6.87. The lowest BCUT2D eigenvalue weighted by Gasteiger charge is -2.54. The Morgan fingerprint density at radius 1 is 1.14 bits per heavy atom. The molecule has 3 atom stereocenters. The highest BCUT2D eigenvalue weighted by Gasteiger charge is 2.58. The second-order valence-electron chi connectivity index (χ2n) is 11.6. The first-order chi connectivity index (χ1) is 17.8. The van der Waals surface area contributed by atoms with Crippen LogP contribution < -0.4 is 0 Å². The minimum atomic E-state index is -0.615. The van der Waals surface area contributed by atoms with Gasteiger partial charge in [-0.1, -0.05) is 57.5 Å². The Kier molecular flexibility index (Phi) is 5.51. The molecular formula is C30H35N5O2. The van der Waals surface area contributed by atoms with Crippen LogP contribution in [0.15, 0.2) is 48.8 Å². The van der Waals surface area contributed by atoms with Crippen LogP contribution in [0, 0.1) is 5.41 Å². The van der Waals surface area contributed by atoms with Gasteiger partial charge in [-0.05, 0) is 64.9 Å². The van der Waals surface area contributed by atoms with E-state index in [9.17, 15) is 4.79 Å². The number of aryl methyl sites for hydroxylation is 2. The molecule has 6 rings (SSSR count). The maximum Gasteiger partial charge on any atom is 0.312 e. The summed E-state index contributed by atoms with van der Waals surface area (Å²) in [6, 6.07) is 15.7. The average Bonchev–Trinajstić information content (AvgIpc) is 3.53. The first kappa shape index (κ1) is 23.9. The Hall–Kier alpha value is -3.48. The van der Waals surface area contributed by atoms with Gasteiger partial charge < -0.3 is 9.30 Å². The van der Waals surface area contributed by atoms with E-state index in [-0.39, 0.29) is 17.3 Å². The molecule has 0 amide bonds. The maximum atomic E-state index is 13.5. The van der Waals surface area contributed by atoms with E-state index in [2.05, 4.69) is 90.3 Å². The van der Waals surface area contributed by atoms with Gasteiger partial charge in [0.1, 0.15) is 6.33 Å². The second kappa shape index (κ2) is 8.54. The first-order valence-corrected chi connectivity index (χ1v) is 13.3. The molecule has 1 saturated carbocycles. The zero-order valence-electron chi connectivity index (χ0n) is 22.4. The van der Waals surface area contributed by atoms with Gasteiger partial charge in [-0.3, -0.25) is 4.79 Å². The van der Waals surface area contributed by atoms with Crippen molar-refractivity contribution in [3.05, 3.63) is 65.5 Å². The molecule has 7 heteroatoms. The molecule has 7 nitrogen and oxygen atoms in total. The molecule has 2 aliphatic carbocycles. The monoisotopic (exact) mass is 497 g/mol. The van der Waals surface area contributed by atoms with Crippen LogP contribution >= 0.6 is 0 Å². The van der Waals surface area contributed by atoms with Gasteiger partial charge in [0.2, 0.25) is 0 Å². The minimum Gasteiger partial charge on any atom is -0.469 e. The van der Waals surface area contributed by atoms with E-state index in [1.54, 1.807) is 11.0 Å². The van der Waals surface area contributed by atoms with Crippen molar-refractivity contribution in [3.63, 3.8) is 0 Å². The van der Waals surface area contributed by atoms with Crippen molar-refractivity contribution in [2.75, 3.05) is 7.11 Å². The van der Waals surface area contributed by atoms with Crippen LogP contribution in [0.1, 0.15) is 75.5 Å². The summed E-state index contributed by atoms with van der Waals surface area (Å²) in [4.78, 5) is 13.5. The van der Waals surface area contributed by atoms with Gasteiger partial charge in [-0.2, -0.15) is 0 Å². The van der Waals surface area contributed by atoms with Crippen molar-refractivity contribution in [2.45, 2.75) is 77.3 Å². The number of carbonyl (C=O) groups is 1. The molecular weight excluding hydrogens is 462 g/mol. The highest BCUT2D eigenvalue weighted by Crippen LogP contribution is 2.65. The number of nitrogens with zero attached hydrogens (tertiary/aromatic N) is 5. The number of hydrogen-bond acceptors (Lipinski definition) is 5. The Morgan fingerprint density at radius 3 is 2.68 bits per heavy atom. The van der Waals surface area contributed by atoms with Crippen molar-refractivity contribution < 1.29 is 9.53 Å². The first-order valence-electron chi connectivity index (χ1n) is 13.3. The number of methoxy groups -OCH3 is 1. The van der Waals surface area contributed by atoms with Gasteiger partial charge >= 0.3 is 5.97 Å². The van der Waals surface area contributed by atoms with Crippen LogP contribution in [0.5, 0.6) is 0 Å². The quantitative estimate of drug-likeness (QED) is 0.324. The molecule has 0 unspecified atom stereocenters. The third-order valence-electron chi connectivity index (χ3n) is 9.14. The molecule has 2 heterocycles. The van der Waals surface area contributed by atoms with Crippen molar-refractivity contribution in [1.82, 2.24) is 24.8 Å². The van der Waals surface area contributed by atoms with Crippen LogP contribution in [0.2, 0.25) is 0 Å². The summed E-state index contributed by atoms with van der Waals surface area (Å²) in [6.07, 6.45) is 4.53. The number of carbonyl (C=O) groups excluding carboxylic acids is 1. The Bertz CT molecular complexity index is 1490. The Morgan fingerprint density at radius 2 is 1.95 bits per heavy atom. The smallest absolute Gasteiger partial charge is 0.312 e. The van der Waals surface area contributed by atoms with Gasteiger partial charge in [0.25, 0.3) is 0 Å². The van der Waals surface area contributed by atoms with Gasteiger partial charge in [0, 0.05) is 34.3 Å². The van der Waals surface area contributed by atoms with E-state index in [0.29, 0.717) is 12.5 Å². The summed E-state index contributed by atoms with van der Waals surface area (Å²) < 4.78 is 9.69. The number of fused-ring (bicyclic) bond motifs is 8. The molecule has 2 aliphatic rings. The average molecular weight is 498 g/mol. The van der Waals surface area contributed by atoms with Gasteiger partial charge in [0.15, 0.2) is 0 Å². The van der Waals surface area contributed by atoms with Crippen molar-refractivity contribution in [3.8, 4) is 11.3 Å². The summed E-state index contributed by atoms with van der Waals surface area (Å²) in [6.45, 7) is 10.4. The van der Waals surface area contributed by atoms with Crippen LogP contribution in [0.4, 0.5) is 0 Å². The highest BCUT2D eigenvalue weighted by atomic mass is 16.5. The number of aromatic nitrogens is 5. The second-order valence-corrected chi connectivity index (χ2v) is 11.6. The molecule has 0 saturated heterocycles. The Balaban J connectivity index is 1.69. The van der Waals surface area contributed by atoms with Gasteiger partial charge in [-0.15, -0.1) is 5.10 Å². The summed E-state index contributed by atoms with van der Waals surface area (Å²) >= 11 is 0. The van der Waals surface area contributed by atoms with Gasteiger partial charge in [-0.25, -0.2) is 4.68 Å². The number of hydrogen-bond donors (Lipinski definition) is 0. The maximum absolute atomic E-state index is 13.5.